The highest BCUT2D eigenvalue weighted by Gasteiger charge is 2.43. The molecule has 0 atom stereocenters. The van der Waals surface area contributed by atoms with E-state index in [-0.39, 0.29) is 0 Å². The van der Waals surface area contributed by atoms with E-state index in [1.165, 1.54) is 13.8 Å². The van der Waals surface area contributed by atoms with Gasteiger partial charge in [0.2, 0.25) is 0 Å². The summed E-state index contributed by atoms with van der Waals surface area (Å²) in [5.74, 6) is 3.23. The van der Waals surface area contributed by atoms with Crippen molar-refractivity contribution in [2.24, 2.45) is 0 Å². The molecule has 8 bridgehead atoms. The summed E-state index contributed by atoms with van der Waals surface area (Å²) in [5.41, 5.74) is 10.3. The SMILES string of the molecule is CC#N.CC#N.COc1ccc(C2(C)c3ccc([nH]3)C(C)(c3ccc(OC)cc3)c3ccc([nH]3)C(C)(c3ccc(OC)cc3)c3ccc([nH]3)C(C)(c3ccc(OC)cc3)c3ccc2[nH]3)cc1. The van der Waals surface area contributed by atoms with Crippen LogP contribution in [0.5, 0.6) is 23.0 Å². The second-order valence-electron chi connectivity index (χ2n) is 17.0. The van der Waals surface area contributed by atoms with Gasteiger partial charge in [0, 0.05) is 59.4 Å². The van der Waals surface area contributed by atoms with E-state index in [1.54, 1.807) is 40.6 Å². The van der Waals surface area contributed by atoms with Crippen molar-refractivity contribution in [1.29, 1.82) is 10.5 Å². The van der Waals surface area contributed by atoms with Crippen LogP contribution in [0.2, 0.25) is 0 Å². The first-order chi connectivity index (χ1) is 31.8. The summed E-state index contributed by atoms with van der Waals surface area (Å²) < 4.78 is 22.5. The average molecular weight is 879 g/mol. The molecule has 5 heterocycles. The molecule has 4 aromatic carbocycles. The number of fused-ring (bicyclic) bond motifs is 8. The van der Waals surface area contributed by atoms with Crippen molar-refractivity contribution >= 4 is 0 Å². The molecule has 0 spiro atoms. The van der Waals surface area contributed by atoms with Gasteiger partial charge in [-0.05, 0) is 147 Å². The summed E-state index contributed by atoms with van der Waals surface area (Å²) in [7, 11) is 6.81. The van der Waals surface area contributed by atoms with Crippen molar-refractivity contribution in [2.75, 3.05) is 28.4 Å². The number of hydrogen-bond donors (Lipinski definition) is 4. The number of rotatable bonds is 8. The minimum atomic E-state index is -0.629. The Bertz CT molecular complexity index is 2490. The first-order valence-electron chi connectivity index (χ1n) is 21.8. The van der Waals surface area contributed by atoms with Crippen LogP contribution in [0.3, 0.4) is 0 Å². The van der Waals surface area contributed by atoms with E-state index < -0.39 is 21.7 Å². The zero-order valence-electron chi connectivity index (χ0n) is 39.4. The summed E-state index contributed by atoms with van der Waals surface area (Å²) in [5, 5.41) is 14.6. The van der Waals surface area contributed by atoms with Gasteiger partial charge in [-0.2, -0.15) is 10.5 Å². The van der Waals surface area contributed by atoms with E-state index in [4.69, 9.17) is 29.5 Å². The minimum absolute atomic E-state index is 0.629. The lowest BCUT2D eigenvalue weighted by molar-refractivity contribution is 0.414. The maximum atomic E-state index is 7.32. The van der Waals surface area contributed by atoms with Crippen LogP contribution in [-0.2, 0) is 21.7 Å². The lowest BCUT2D eigenvalue weighted by Gasteiger charge is -2.34. The molecule has 4 aromatic heterocycles. The van der Waals surface area contributed by atoms with Crippen LogP contribution in [0.25, 0.3) is 0 Å². The largest absolute Gasteiger partial charge is 0.497 e. The van der Waals surface area contributed by atoms with Gasteiger partial charge in [-0.3, -0.25) is 0 Å². The Morgan fingerprint density at radius 2 is 0.439 bits per heavy atom. The van der Waals surface area contributed by atoms with E-state index in [1.807, 2.05) is 48.5 Å². The Morgan fingerprint density at radius 3 is 0.561 bits per heavy atom. The Labute approximate surface area is 388 Å². The third-order valence-electron chi connectivity index (χ3n) is 13.7. The molecule has 0 fully saturated rings. The Balaban J connectivity index is 0.00000103. The van der Waals surface area contributed by atoms with Gasteiger partial charge < -0.3 is 38.9 Å². The Morgan fingerprint density at radius 1 is 0.303 bits per heavy atom. The summed E-state index contributed by atoms with van der Waals surface area (Å²) in [6.07, 6.45) is 0. The monoisotopic (exact) mass is 878 g/mol. The summed E-state index contributed by atoms with van der Waals surface area (Å²) in [6.45, 7) is 12.0. The van der Waals surface area contributed by atoms with Crippen molar-refractivity contribution in [3.8, 4) is 35.1 Å². The molecular formula is C56H58N6O4. The fraction of sp³-hybridized carbons (Fsp3) is 0.250. The number of nitriles is 2. The van der Waals surface area contributed by atoms with E-state index in [2.05, 4.69) is 145 Å². The van der Waals surface area contributed by atoms with E-state index in [0.717, 1.165) is 90.8 Å². The topological polar surface area (TPSA) is 148 Å². The normalized spacial score (nSPS) is 20.5. The molecule has 336 valence electrons. The quantitative estimate of drug-likeness (QED) is 0.119. The molecule has 0 saturated heterocycles. The minimum Gasteiger partial charge on any atom is -0.497 e. The second-order valence-corrected chi connectivity index (χ2v) is 17.0. The van der Waals surface area contributed by atoms with Crippen molar-refractivity contribution in [3.05, 3.63) is 213 Å². The number of aromatic nitrogens is 4. The van der Waals surface area contributed by atoms with E-state index in [9.17, 15) is 0 Å². The van der Waals surface area contributed by atoms with Gasteiger partial charge in [0.1, 0.15) is 23.0 Å². The number of aromatic amines is 4. The van der Waals surface area contributed by atoms with Crippen LogP contribution in [-0.4, -0.2) is 48.4 Å². The Kier molecular flexibility index (Phi) is 13.1. The number of hydrogen-bond acceptors (Lipinski definition) is 6. The summed E-state index contributed by atoms with van der Waals surface area (Å²) in [6, 6.07) is 55.1. The Hall–Kier alpha value is -7.82. The number of nitrogens with one attached hydrogen (secondary N) is 4. The predicted octanol–water partition coefficient (Wildman–Crippen LogP) is 11.8. The smallest absolute Gasteiger partial charge is 0.118 e. The van der Waals surface area contributed by atoms with Gasteiger partial charge in [-0.1, -0.05) is 48.5 Å². The fourth-order valence-corrected chi connectivity index (χ4v) is 9.44. The number of H-pyrrole nitrogens is 4. The predicted molar refractivity (Wildman–Crippen MR) is 260 cm³/mol. The van der Waals surface area contributed by atoms with Crippen LogP contribution in [0.1, 0.15) is 109 Å². The zero-order valence-corrected chi connectivity index (χ0v) is 39.4. The fourth-order valence-electron chi connectivity index (χ4n) is 9.44. The molecule has 0 unspecified atom stereocenters. The van der Waals surface area contributed by atoms with E-state index in [0.29, 0.717) is 0 Å². The maximum Gasteiger partial charge on any atom is 0.118 e. The number of nitrogens with zero attached hydrogens (tertiary/aromatic N) is 2. The number of ether oxygens (including phenoxy) is 4. The second kappa shape index (κ2) is 18.7. The van der Waals surface area contributed by atoms with Crippen LogP contribution in [0, 0.1) is 22.7 Å². The van der Waals surface area contributed by atoms with Gasteiger partial charge in [0.15, 0.2) is 0 Å². The standard InChI is InChI=1S/C52H52N4O4.2C2H3N/c1-49(33-9-17-37(57-5)18-10-33)41-25-27-43(53-41)50(2,34-11-19-38(58-6)20-12-34)45-29-31-47(55-45)52(4,36-15-23-40(60-8)24-16-36)48-32-30-46(56-48)51(3,44-28-26-42(49)54-44)35-13-21-39(59-7)22-14-35;2*1-2-3/h9-32,53-56H,1-8H3;2*1H3. The molecule has 10 nitrogen and oxygen atoms in total. The molecule has 0 aliphatic carbocycles. The maximum absolute atomic E-state index is 7.32. The molecule has 10 heteroatoms. The first kappa shape index (κ1) is 46.2. The van der Waals surface area contributed by atoms with Gasteiger partial charge >= 0.3 is 0 Å². The molecular weight excluding hydrogens is 821 g/mol. The third-order valence-corrected chi connectivity index (χ3v) is 13.7. The molecule has 4 N–H and O–H groups in total. The van der Waals surface area contributed by atoms with Crippen molar-refractivity contribution in [3.63, 3.8) is 0 Å². The van der Waals surface area contributed by atoms with Crippen molar-refractivity contribution in [2.45, 2.75) is 63.2 Å². The summed E-state index contributed by atoms with van der Waals surface area (Å²) >= 11 is 0. The van der Waals surface area contributed by atoms with Crippen LogP contribution in [0.15, 0.2) is 146 Å². The highest BCUT2D eigenvalue weighted by Crippen LogP contribution is 2.48. The van der Waals surface area contributed by atoms with E-state index >= 15 is 0 Å². The molecule has 1 aliphatic heterocycles. The molecule has 1 aliphatic rings. The molecule has 0 radical (unpaired) electrons. The van der Waals surface area contributed by atoms with Crippen molar-refractivity contribution < 1.29 is 18.9 Å². The molecule has 0 saturated carbocycles. The lowest BCUT2D eigenvalue weighted by atomic mass is 9.76. The highest BCUT2D eigenvalue weighted by atomic mass is 16.5. The van der Waals surface area contributed by atoms with Crippen LogP contribution >= 0.6 is 0 Å². The average Bonchev–Trinajstić information content (AvgIpc) is 4.22. The van der Waals surface area contributed by atoms with Crippen molar-refractivity contribution in [1.82, 2.24) is 19.9 Å². The third kappa shape index (κ3) is 7.79. The number of methoxy groups -OCH3 is 4. The molecule has 0 amide bonds. The van der Waals surface area contributed by atoms with Crippen LogP contribution in [0.4, 0.5) is 0 Å². The molecule has 66 heavy (non-hydrogen) atoms. The van der Waals surface area contributed by atoms with Gasteiger partial charge in [0.25, 0.3) is 0 Å². The van der Waals surface area contributed by atoms with Gasteiger partial charge in [-0.25, -0.2) is 0 Å². The van der Waals surface area contributed by atoms with Gasteiger partial charge in [0.05, 0.1) is 62.2 Å². The lowest BCUT2D eigenvalue weighted by Crippen LogP contribution is -2.32. The number of benzene rings is 4. The summed E-state index contributed by atoms with van der Waals surface area (Å²) in [4.78, 5) is 16.1. The van der Waals surface area contributed by atoms with Crippen LogP contribution < -0.4 is 18.9 Å². The first-order valence-corrected chi connectivity index (χ1v) is 21.8. The highest BCUT2D eigenvalue weighted by molar-refractivity contribution is 5.57. The zero-order chi connectivity index (χ0) is 47.3. The molecule has 8 aromatic rings. The van der Waals surface area contributed by atoms with Gasteiger partial charge in [-0.15, -0.1) is 0 Å². The molecule has 9 rings (SSSR count).